The van der Waals surface area contributed by atoms with Crippen molar-refractivity contribution >= 4 is 17.4 Å². The van der Waals surface area contributed by atoms with Crippen molar-refractivity contribution in [3.8, 4) is 5.75 Å². The Labute approximate surface area is 165 Å². The van der Waals surface area contributed by atoms with Gasteiger partial charge in [0.05, 0.1) is 7.11 Å². The van der Waals surface area contributed by atoms with Gasteiger partial charge in [0.1, 0.15) is 5.75 Å². The van der Waals surface area contributed by atoms with Gasteiger partial charge in [-0.15, -0.1) is 11.3 Å². The summed E-state index contributed by atoms with van der Waals surface area (Å²) in [4.78, 5) is 15.9. The van der Waals surface area contributed by atoms with Gasteiger partial charge in [0.25, 0.3) is 0 Å². The molecule has 2 amide bonds. The van der Waals surface area contributed by atoms with Crippen molar-refractivity contribution < 1.29 is 9.53 Å². The molecule has 6 heteroatoms. The number of carbonyl (C=O) groups is 1. The van der Waals surface area contributed by atoms with Crippen LogP contribution in [0, 0.1) is 5.92 Å². The van der Waals surface area contributed by atoms with Crippen molar-refractivity contribution in [3.05, 3.63) is 52.2 Å². The van der Waals surface area contributed by atoms with Crippen molar-refractivity contribution in [2.75, 3.05) is 33.3 Å². The highest BCUT2D eigenvalue weighted by Gasteiger charge is 2.19. The van der Waals surface area contributed by atoms with Crippen LogP contribution in [0.3, 0.4) is 0 Å². The smallest absolute Gasteiger partial charge is 0.314 e. The average molecular weight is 388 g/mol. The van der Waals surface area contributed by atoms with Crippen LogP contribution < -0.4 is 15.4 Å². The molecule has 1 aromatic heterocycles. The number of piperidine rings is 1. The molecule has 0 unspecified atom stereocenters. The number of thiophene rings is 1. The topological polar surface area (TPSA) is 53.6 Å². The van der Waals surface area contributed by atoms with Crippen molar-refractivity contribution in [2.45, 2.75) is 25.8 Å². The van der Waals surface area contributed by atoms with Crippen LogP contribution in [-0.4, -0.2) is 44.2 Å². The van der Waals surface area contributed by atoms with Gasteiger partial charge in [-0.2, -0.15) is 0 Å². The summed E-state index contributed by atoms with van der Waals surface area (Å²) >= 11 is 1.83. The lowest BCUT2D eigenvalue weighted by atomic mass is 9.97. The van der Waals surface area contributed by atoms with Crippen LogP contribution in [0.25, 0.3) is 0 Å². The predicted octanol–water partition coefficient (Wildman–Crippen LogP) is 3.51. The average Bonchev–Trinajstić information content (AvgIpc) is 3.21. The maximum Gasteiger partial charge on any atom is 0.314 e. The molecule has 2 N–H and O–H groups in total. The molecule has 27 heavy (non-hydrogen) atoms. The minimum absolute atomic E-state index is 0.0653. The normalized spacial score (nSPS) is 15.4. The fraction of sp³-hybridized carbons (Fsp3) is 0.476. The summed E-state index contributed by atoms with van der Waals surface area (Å²) in [5, 5.41) is 8.12. The van der Waals surface area contributed by atoms with Crippen LogP contribution in [0.5, 0.6) is 5.75 Å². The number of urea groups is 1. The summed E-state index contributed by atoms with van der Waals surface area (Å²) in [7, 11) is 1.66. The van der Waals surface area contributed by atoms with E-state index in [0.717, 1.165) is 51.2 Å². The predicted molar refractivity (Wildman–Crippen MR) is 110 cm³/mol. The second kappa shape index (κ2) is 10.3. The van der Waals surface area contributed by atoms with Gasteiger partial charge >= 0.3 is 6.03 Å². The van der Waals surface area contributed by atoms with Crippen LogP contribution in [0.15, 0.2) is 41.8 Å². The van der Waals surface area contributed by atoms with Gasteiger partial charge in [-0.1, -0.05) is 18.2 Å². The van der Waals surface area contributed by atoms with E-state index in [1.54, 1.807) is 7.11 Å². The molecule has 146 valence electrons. The molecule has 0 atom stereocenters. The number of benzene rings is 1. The quantitative estimate of drug-likeness (QED) is 0.729. The van der Waals surface area contributed by atoms with E-state index in [-0.39, 0.29) is 6.03 Å². The Morgan fingerprint density at radius 1 is 1.19 bits per heavy atom. The van der Waals surface area contributed by atoms with Crippen molar-refractivity contribution in [1.29, 1.82) is 0 Å². The second-order valence-electron chi connectivity index (χ2n) is 7.03. The van der Waals surface area contributed by atoms with Gasteiger partial charge in [0.2, 0.25) is 0 Å². The lowest BCUT2D eigenvalue weighted by Gasteiger charge is -2.31. The van der Waals surface area contributed by atoms with Gasteiger partial charge < -0.3 is 15.4 Å². The lowest BCUT2D eigenvalue weighted by Crippen LogP contribution is -2.42. The van der Waals surface area contributed by atoms with E-state index in [2.05, 4.69) is 33.0 Å². The molecular weight excluding hydrogens is 358 g/mol. The largest absolute Gasteiger partial charge is 0.497 e. The Morgan fingerprint density at radius 2 is 1.96 bits per heavy atom. The van der Waals surface area contributed by atoms with Gasteiger partial charge in [-0.3, -0.25) is 4.90 Å². The molecule has 0 bridgehead atoms. The van der Waals surface area contributed by atoms with Crippen molar-refractivity contribution in [2.24, 2.45) is 5.92 Å². The standard InChI is InChI=1S/C21H29N3O2S/c1-26-19-6-4-17(5-7-19)8-11-22-21(25)23-15-18-9-12-24(13-10-18)16-20-3-2-14-27-20/h2-7,14,18H,8-13,15-16H2,1H3,(H2,22,23,25). The molecule has 0 aliphatic carbocycles. The van der Waals surface area contributed by atoms with E-state index in [1.807, 2.05) is 35.6 Å². The summed E-state index contributed by atoms with van der Waals surface area (Å²) in [6.07, 6.45) is 3.12. The number of hydrogen-bond donors (Lipinski definition) is 2. The zero-order valence-corrected chi connectivity index (χ0v) is 16.8. The van der Waals surface area contributed by atoms with E-state index in [1.165, 1.54) is 10.4 Å². The van der Waals surface area contributed by atoms with Crippen LogP contribution in [0.4, 0.5) is 4.79 Å². The highest BCUT2D eigenvalue weighted by molar-refractivity contribution is 7.09. The Kier molecular flexibility index (Phi) is 7.54. The Hall–Kier alpha value is -2.05. The number of likely N-dealkylation sites (tertiary alicyclic amines) is 1. The third-order valence-electron chi connectivity index (χ3n) is 5.08. The lowest BCUT2D eigenvalue weighted by molar-refractivity contribution is 0.176. The summed E-state index contributed by atoms with van der Waals surface area (Å²) in [5.74, 6) is 1.43. The molecule has 1 aromatic carbocycles. The first kappa shape index (κ1) is 19.7. The van der Waals surface area contributed by atoms with E-state index in [0.29, 0.717) is 12.5 Å². The third kappa shape index (κ3) is 6.56. The second-order valence-corrected chi connectivity index (χ2v) is 8.07. The van der Waals surface area contributed by atoms with E-state index in [4.69, 9.17) is 4.74 Å². The molecule has 1 fully saturated rings. The number of amides is 2. The third-order valence-corrected chi connectivity index (χ3v) is 5.94. The molecule has 3 rings (SSSR count). The zero-order valence-electron chi connectivity index (χ0n) is 15.9. The van der Waals surface area contributed by atoms with Crippen molar-refractivity contribution in [1.82, 2.24) is 15.5 Å². The van der Waals surface area contributed by atoms with E-state index < -0.39 is 0 Å². The Balaban J connectivity index is 1.27. The fourth-order valence-corrected chi connectivity index (χ4v) is 4.13. The molecule has 1 aliphatic heterocycles. The highest BCUT2D eigenvalue weighted by Crippen LogP contribution is 2.20. The first-order chi connectivity index (χ1) is 13.2. The van der Waals surface area contributed by atoms with Crippen LogP contribution in [0.2, 0.25) is 0 Å². The maximum atomic E-state index is 12.0. The molecule has 0 spiro atoms. The molecule has 0 saturated carbocycles. The summed E-state index contributed by atoms with van der Waals surface area (Å²) in [6.45, 7) is 4.69. The van der Waals surface area contributed by atoms with Crippen LogP contribution >= 0.6 is 11.3 Å². The first-order valence-electron chi connectivity index (χ1n) is 9.62. The number of nitrogens with one attached hydrogen (secondary N) is 2. The molecule has 0 radical (unpaired) electrons. The highest BCUT2D eigenvalue weighted by atomic mass is 32.1. The minimum Gasteiger partial charge on any atom is -0.497 e. The summed E-state index contributed by atoms with van der Waals surface area (Å²) < 4.78 is 5.15. The number of carbonyl (C=O) groups excluding carboxylic acids is 1. The Bertz CT molecular complexity index is 680. The molecule has 2 aromatic rings. The molecule has 1 aliphatic rings. The summed E-state index contributed by atoms with van der Waals surface area (Å²) in [6, 6.07) is 12.2. The molecule has 1 saturated heterocycles. The van der Waals surface area contributed by atoms with Crippen molar-refractivity contribution in [3.63, 3.8) is 0 Å². The number of ether oxygens (including phenoxy) is 1. The Morgan fingerprint density at radius 3 is 2.63 bits per heavy atom. The maximum absolute atomic E-state index is 12.0. The number of rotatable bonds is 8. The molecule has 5 nitrogen and oxygen atoms in total. The van der Waals surface area contributed by atoms with Gasteiger partial charge in [0.15, 0.2) is 0 Å². The fourth-order valence-electron chi connectivity index (χ4n) is 3.38. The van der Waals surface area contributed by atoms with Gasteiger partial charge in [-0.05, 0) is 67.4 Å². The van der Waals surface area contributed by atoms with E-state index >= 15 is 0 Å². The van der Waals surface area contributed by atoms with E-state index in [9.17, 15) is 4.79 Å². The monoisotopic (exact) mass is 387 g/mol. The molecular formula is C21H29N3O2S. The SMILES string of the molecule is COc1ccc(CCNC(=O)NCC2CCN(Cc3cccs3)CC2)cc1. The summed E-state index contributed by atoms with van der Waals surface area (Å²) in [5.41, 5.74) is 1.19. The van der Waals surface area contributed by atoms with Crippen LogP contribution in [-0.2, 0) is 13.0 Å². The van der Waals surface area contributed by atoms with Gasteiger partial charge in [0, 0.05) is 24.5 Å². The minimum atomic E-state index is -0.0653. The molecule has 2 heterocycles. The van der Waals surface area contributed by atoms with Crippen LogP contribution in [0.1, 0.15) is 23.3 Å². The van der Waals surface area contributed by atoms with Gasteiger partial charge in [-0.25, -0.2) is 4.79 Å². The number of hydrogen-bond acceptors (Lipinski definition) is 4. The number of nitrogens with zero attached hydrogens (tertiary/aromatic N) is 1. The first-order valence-corrected chi connectivity index (χ1v) is 10.5. The zero-order chi connectivity index (χ0) is 18.9. The number of methoxy groups -OCH3 is 1.